The maximum atomic E-state index is 13.0. The fourth-order valence-corrected chi connectivity index (χ4v) is 4.56. The van der Waals surface area contributed by atoms with E-state index in [0.717, 1.165) is 37.7 Å². The second-order valence-electron chi connectivity index (χ2n) is 8.10. The number of halogens is 4. The fraction of sp³-hybridized carbons (Fsp3) is 0.435. The van der Waals surface area contributed by atoms with Crippen molar-refractivity contribution in [2.45, 2.75) is 19.0 Å². The number of benzene rings is 2. The van der Waals surface area contributed by atoms with Crippen LogP contribution in [0.3, 0.4) is 0 Å². The Morgan fingerprint density at radius 2 is 1.42 bits per heavy atom. The third kappa shape index (κ3) is 5.09. The summed E-state index contributed by atoms with van der Waals surface area (Å²) >= 11 is 6.08. The number of alkyl halides is 3. The average molecular weight is 452 g/mol. The number of anilines is 2. The molecule has 2 fully saturated rings. The molecule has 2 aromatic carbocycles. The first-order chi connectivity index (χ1) is 14.8. The molecule has 0 aromatic heterocycles. The molecule has 0 unspecified atom stereocenters. The zero-order valence-electron chi connectivity index (χ0n) is 17.1. The zero-order valence-corrected chi connectivity index (χ0v) is 17.9. The molecule has 8 heteroatoms. The van der Waals surface area contributed by atoms with Crippen molar-refractivity contribution in [2.75, 3.05) is 49.1 Å². The van der Waals surface area contributed by atoms with E-state index in [9.17, 15) is 18.0 Å². The number of piperazine rings is 1. The van der Waals surface area contributed by atoms with E-state index in [1.807, 2.05) is 34.1 Å². The number of nitrogens with zero attached hydrogens (tertiary/aromatic N) is 3. The molecule has 0 saturated carbocycles. The van der Waals surface area contributed by atoms with Crippen molar-refractivity contribution < 1.29 is 18.0 Å². The molecule has 31 heavy (non-hydrogen) atoms. The van der Waals surface area contributed by atoms with Crippen LogP contribution >= 0.6 is 11.6 Å². The Morgan fingerprint density at radius 3 is 2.03 bits per heavy atom. The Morgan fingerprint density at radius 1 is 0.839 bits per heavy atom. The minimum atomic E-state index is -4.35. The molecule has 2 heterocycles. The highest BCUT2D eigenvalue weighted by atomic mass is 35.5. The maximum Gasteiger partial charge on any atom is 0.416 e. The van der Waals surface area contributed by atoms with Gasteiger partial charge in [0.1, 0.15) is 0 Å². The summed E-state index contributed by atoms with van der Waals surface area (Å²) in [4.78, 5) is 19.0. The summed E-state index contributed by atoms with van der Waals surface area (Å²) in [7, 11) is 0. The van der Waals surface area contributed by atoms with Crippen molar-refractivity contribution in [1.29, 1.82) is 0 Å². The van der Waals surface area contributed by atoms with E-state index in [0.29, 0.717) is 36.9 Å². The number of carbonyl (C=O) groups excluding carboxylic acids is 1. The number of rotatable bonds is 3. The van der Waals surface area contributed by atoms with Gasteiger partial charge in [0, 0.05) is 61.6 Å². The molecule has 0 bridgehead atoms. The highest BCUT2D eigenvalue weighted by Crippen LogP contribution is 2.32. The molecule has 1 amide bonds. The summed E-state index contributed by atoms with van der Waals surface area (Å²) in [6.07, 6.45) is -2.77. The van der Waals surface area contributed by atoms with E-state index < -0.39 is 11.7 Å². The monoisotopic (exact) mass is 451 g/mol. The molecule has 2 aliphatic rings. The van der Waals surface area contributed by atoms with Crippen LogP contribution < -0.4 is 9.80 Å². The van der Waals surface area contributed by atoms with Gasteiger partial charge < -0.3 is 14.7 Å². The predicted octanol–water partition coefficient (Wildman–Crippen LogP) is 4.92. The van der Waals surface area contributed by atoms with Crippen molar-refractivity contribution in [3.8, 4) is 0 Å². The Labute approximate surface area is 185 Å². The molecule has 2 aliphatic heterocycles. The molecular formula is C23H25ClF3N3O. The normalized spacial score (nSPS) is 18.4. The third-order valence-corrected chi connectivity index (χ3v) is 6.38. The number of piperidine rings is 1. The third-order valence-electron chi connectivity index (χ3n) is 6.15. The molecule has 4 rings (SSSR count). The summed E-state index contributed by atoms with van der Waals surface area (Å²) in [6, 6.07) is 13.1. The van der Waals surface area contributed by atoms with Gasteiger partial charge in [-0.15, -0.1) is 0 Å². The van der Waals surface area contributed by atoms with Crippen LogP contribution in [0.2, 0.25) is 5.02 Å². The van der Waals surface area contributed by atoms with Gasteiger partial charge in [0.15, 0.2) is 0 Å². The molecule has 0 aliphatic carbocycles. The van der Waals surface area contributed by atoms with Gasteiger partial charge >= 0.3 is 6.18 Å². The summed E-state index contributed by atoms with van der Waals surface area (Å²) in [5.41, 5.74) is 0.986. The van der Waals surface area contributed by atoms with Gasteiger partial charge in [-0.1, -0.05) is 23.7 Å². The van der Waals surface area contributed by atoms with Gasteiger partial charge in [-0.3, -0.25) is 4.79 Å². The van der Waals surface area contributed by atoms with Crippen LogP contribution in [0.1, 0.15) is 18.4 Å². The van der Waals surface area contributed by atoms with Gasteiger partial charge in [-0.05, 0) is 49.2 Å². The van der Waals surface area contributed by atoms with E-state index in [-0.39, 0.29) is 11.8 Å². The number of carbonyl (C=O) groups is 1. The topological polar surface area (TPSA) is 26.8 Å². The SMILES string of the molecule is O=C(C1CCN(c2cccc(Cl)c2)CC1)N1CCN(c2cccc(C(F)(F)F)c2)CC1. The van der Waals surface area contributed by atoms with Crippen LogP contribution in [-0.2, 0) is 11.0 Å². The van der Waals surface area contributed by atoms with Gasteiger partial charge in [0.25, 0.3) is 0 Å². The molecule has 2 saturated heterocycles. The average Bonchev–Trinajstić information content (AvgIpc) is 2.78. The van der Waals surface area contributed by atoms with E-state index in [1.165, 1.54) is 12.1 Å². The number of hydrogen-bond acceptors (Lipinski definition) is 3. The molecule has 2 aromatic rings. The van der Waals surface area contributed by atoms with Crippen molar-refractivity contribution in [3.05, 3.63) is 59.1 Å². The number of amides is 1. The van der Waals surface area contributed by atoms with E-state index in [1.54, 1.807) is 6.07 Å². The molecule has 166 valence electrons. The standard InChI is InChI=1S/C23H25ClF3N3O/c24-19-4-2-6-21(16-19)28-9-7-17(8-10-28)22(31)30-13-11-29(12-14-30)20-5-1-3-18(15-20)23(25,26)27/h1-6,15-17H,7-14H2. The van der Waals surface area contributed by atoms with Gasteiger partial charge in [-0.2, -0.15) is 13.2 Å². The van der Waals surface area contributed by atoms with Crippen LogP contribution in [0.15, 0.2) is 48.5 Å². The van der Waals surface area contributed by atoms with Crippen molar-refractivity contribution in [3.63, 3.8) is 0 Å². The zero-order chi connectivity index (χ0) is 22.0. The lowest BCUT2D eigenvalue weighted by Gasteiger charge is -2.40. The predicted molar refractivity (Wildman–Crippen MR) is 117 cm³/mol. The van der Waals surface area contributed by atoms with Crippen molar-refractivity contribution in [2.24, 2.45) is 5.92 Å². The first-order valence-electron chi connectivity index (χ1n) is 10.5. The highest BCUT2D eigenvalue weighted by molar-refractivity contribution is 6.30. The largest absolute Gasteiger partial charge is 0.416 e. The Bertz CT molecular complexity index is 920. The van der Waals surface area contributed by atoms with Gasteiger partial charge in [0.05, 0.1) is 5.56 Å². The van der Waals surface area contributed by atoms with Crippen molar-refractivity contribution >= 4 is 28.9 Å². The van der Waals surface area contributed by atoms with Crippen LogP contribution in [0.4, 0.5) is 24.5 Å². The summed E-state index contributed by atoms with van der Waals surface area (Å²) in [5.74, 6) is 0.157. The second kappa shape index (κ2) is 8.99. The molecular weight excluding hydrogens is 427 g/mol. The Kier molecular flexibility index (Phi) is 6.32. The van der Waals surface area contributed by atoms with Crippen LogP contribution in [0.5, 0.6) is 0 Å². The van der Waals surface area contributed by atoms with Crippen LogP contribution in [-0.4, -0.2) is 50.1 Å². The smallest absolute Gasteiger partial charge is 0.371 e. The maximum absolute atomic E-state index is 13.0. The second-order valence-corrected chi connectivity index (χ2v) is 8.54. The summed E-state index contributed by atoms with van der Waals surface area (Å²) < 4.78 is 38.9. The summed E-state index contributed by atoms with van der Waals surface area (Å²) in [5, 5.41) is 0.703. The lowest BCUT2D eigenvalue weighted by Crippen LogP contribution is -2.51. The van der Waals surface area contributed by atoms with E-state index in [4.69, 9.17) is 11.6 Å². The number of hydrogen-bond donors (Lipinski definition) is 0. The van der Waals surface area contributed by atoms with E-state index >= 15 is 0 Å². The Balaban J connectivity index is 1.30. The molecule has 0 atom stereocenters. The lowest BCUT2D eigenvalue weighted by atomic mass is 9.94. The van der Waals surface area contributed by atoms with E-state index in [2.05, 4.69) is 4.90 Å². The first-order valence-corrected chi connectivity index (χ1v) is 10.9. The lowest BCUT2D eigenvalue weighted by molar-refractivity contribution is -0.137. The van der Waals surface area contributed by atoms with Crippen LogP contribution in [0.25, 0.3) is 0 Å². The fourth-order valence-electron chi connectivity index (χ4n) is 4.38. The minimum absolute atomic E-state index is 0.00413. The molecule has 0 radical (unpaired) electrons. The van der Waals surface area contributed by atoms with Crippen molar-refractivity contribution in [1.82, 2.24) is 4.90 Å². The Hall–Kier alpha value is -2.41. The van der Waals surface area contributed by atoms with Gasteiger partial charge in [-0.25, -0.2) is 0 Å². The quantitative estimate of drug-likeness (QED) is 0.662. The first kappa shape index (κ1) is 21.8. The van der Waals surface area contributed by atoms with Gasteiger partial charge in [0.2, 0.25) is 5.91 Å². The highest BCUT2D eigenvalue weighted by Gasteiger charge is 2.33. The molecule has 0 N–H and O–H groups in total. The molecule has 0 spiro atoms. The molecule has 4 nitrogen and oxygen atoms in total. The summed E-state index contributed by atoms with van der Waals surface area (Å²) in [6.45, 7) is 3.75. The van der Waals surface area contributed by atoms with Crippen LogP contribution in [0, 0.1) is 5.92 Å². The minimum Gasteiger partial charge on any atom is -0.371 e.